The number of rotatable bonds is 12. The lowest BCUT2D eigenvalue weighted by Crippen LogP contribution is -2.55. The third kappa shape index (κ3) is 7.11. The monoisotopic (exact) mass is 570 g/mol. The molecule has 0 bridgehead atoms. The van der Waals surface area contributed by atoms with Crippen LogP contribution < -0.4 is 15.0 Å². The molecule has 3 aromatic rings. The van der Waals surface area contributed by atoms with Crippen molar-refractivity contribution in [1.82, 2.24) is 5.32 Å². The molecule has 2 N–H and O–H groups in total. The summed E-state index contributed by atoms with van der Waals surface area (Å²) in [5.41, 5.74) is 0.588. The van der Waals surface area contributed by atoms with Gasteiger partial charge in [0, 0.05) is 34.8 Å². The Labute approximate surface area is 238 Å². The lowest BCUT2D eigenvalue weighted by atomic mass is 9.79. The lowest BCUT2D eigenvalue weighted by molar-refractivity contribution is -0.148. The van der Waals surface area contributed by atoms with Crippen LogP contribution >= 0.6 is 23.2 Å². The number of carbonyl (C=O) groups excluding carboxylic acids is 2. The van der Waals surface area contributed by atoms with Gasteiger partial charge in [0.1, 0.15) is 23.8 Å². The first-order valence-corrected chi connectivity index (χ1v) is 13.4. The van der Waals surface area contributed by atoms with Crippen LogP contribution in [0.1, 0.15) is 37.8 Å². The minimum Gasteiger partial charge on any atom is -0.489 e. The molecule has 1 atom stereocenters. The molecule has 3 aromatic carbocycles. The quantitative estimate of drug-likeness (QED) is 0.254. The van der Waals surface area contributed by atoms with E-state index < -0.39 is 23.3 Å². The normalized spacial score (nSPS) is 11.9. The Morgan fingerprint density at radius 1 is 0.923 bits per heavy atom. The highest BCUT2D eigenvalue weighted by Crippen LogP contribution is 2.32. The first-order valence-electron chi connectivity index (χ1n) is 12.6. The average Bonchev–Trinajstić information content (AvgIpc) is 2.94. The molecule has 39 heavy (non-hydrogen) atoms. The molecule has 206 valence electrons. The van der Waals surface area contributed by atoms with Crippen LogP contribution in [0.15, 0.2) is 72.8 Å². The molecule has 0 saturated carbocycles. The summed E-state index contributed by atoms with van der Waals surface area (Å²) in [7, 11) is 1.61. The first kappa shape index (κ1) is 30.0. The van der Waals surface area contributed by atoms with Gasteiger partial charge in [-0.1, -0.05) is 73.4 Å². The molecular formula is C30H32Cl2N2O5. The van der Waals surface area contributed by atoms with Gasteiger partial charge in [-0.2, -0.15) is 0 Å². The number of para-hydroxylation sites is 1. The fourth-order valence-electron chi connectivity index (χ4n) is 4.34. The van der Waals surface area contributed by atoms with E-state index in [1.165, 1.54) is 4.90 Å². The summed E-state index contributed by atoms with van der Waals surface area (Å²) in [4.78, 5) is 40.5. The molecule has 0 aliphatic rings. The Bertz CT molecular complexity index is 1270. The van der Waals surface area contributed by atoms with Gasteiger partial charge in [0.25, 0.3) is 0 Å². The summed E-state index contributed by atoms with van der Waals surface area (Å²) in [6.07, 6.45) is 0.474. The van der Waals surface area contributed by atoms with Crippen molar-refractivity contribution in [3.63, 3.8) is 0 Å². The number of carboxylic acids is 1. The molecule has 7 nitrogen and oxygen atoms in total. The van der Waals surface area contributed by atoms with Gasteiger partial charge in [-0.3, -0.25) is 9.59 Å². The highest BCUT2D eigenvalue weighted by Gasteiger charge is 2.45. The highest BCUT2D eigenvalue weighted by molar-refractivity contribution is 6.35. The predicted octanol–water partition coefficient (Wildman–Crippen LogP) is 6.15. The minimum atomic E-state index is -1.41. The van der Waals surface area contributed by atoms with Crippen molar-refractivity contribution in [2.24, 2.45) is 5.41 Å². The molecule has 0 spiro atoms. The fourth-order valence-corrected chi connectivity index (χ4v) is 4.85. The Morgan fingerprint density at radius 3 is 2.05 bits per heavy atom. The van der Waals surface area contributed by atoms with Crippen LogP contribution in [0.3, 0.4) is 0 Å². The van der Waals surface area contributed by atoms with E-state index in [1.54, 1.807) is 75.5 Å². The molecule has 0 radical (unpaired) electrons. The van der Waals surface area contributed by atoms with E-state index in [0.29, 0.717) is 32.6 Å². The maximum atomic E-state index is 13.5. The number of hydrogen-bond acceptors (Lipinski definition) is 4. The lowest BCUT2D eigenvalue weighted by Gasteiger charge is -2.34. The predicted molar refractivity (Wildman–Crippen MR) is 153 cm³/mol. The molecule has 0 aliphatic heterocycles. The maximum Gasteiger partial charge on any atom is 0.326 e. The van der Waals surface area contributed by atoms with E-state index in [9.17, 15) is 19.5 Å². The average molecular weight is 572 g/mol. The van der Waals surface area contributed by atoms with Crippen LogP contribution in [0.4, 0.5) is 5.69 Å². The Hall–Kier alpha value is -3.55. The van der Waals surface area contributed by atoms with Gasteiger partial charge in [-0.15, -0.1) is 0 Å². The van der Waals surface area contributed by atoms with Gasteiger partial charge >= 0.3 is 5.97 Å². The third-order valence-electron chi connectivity index (χ3n) is 6.91. The topological polar surface area (TPSA) is 95.9 Å². The molecule has 0 aromatic heterocycles. The first-order chi connectivity index (χ1) is 18.6. The smallest absolute Gasteiger partial charge is 0.326 e. The molecule has 0 heterocycles. The van der Waals surface area contributed by atoms with Crippen molar-refractivity contribution in [3.8, 4) is 5.75 Å². The van der Waals surface area contributed by atoms with Gasteiger partial charge in [0.05, 0.1) is 0 Å². The molecule has 0 aliphatic carbocycles. The number of halogens is 2. The van der Waals surface area contributed by atoms with Crippen LogP contribution in [0.5, 0.6) is 5.75 Å². The van der Waals surface area contributed by atoms with E-state index in [0.717, 1.165) is 0 Å². The fraction of sp³-hybridized carbons (Fsp3) is 0.300. The van der Waals surface area contributed by atoms with Crippen molar-refractivity contribution in [2.75, 3.05) is 11.9 Å². The SMILES string of the molecule is CCC(CC)(C(=O)N[C@@H](Cc1ccc(OCc2c(Cl)cccc2Cl)cc1)C(=O)O)C(=O)N(C)c1ccccc1. The number of hydrogen-bond donors (Lipinski definition) is 2. The summed E-state index contributed by atoms with van der Waals surface area (Å²) in [5, 5.41) is 13.5. The number of benzene rings is 3. The standard InChI is InChI=1S/C30H32Cl2N2O5/c1-4-30(5-2,29(38)34(3)21-10-7-6-8-11-21)28(37)33-26(27(35)36)18-20-14-16-22(17-15-20)39-19-23-24(31)12-9-13-25(23)32/h6-17,26H,4-5,18-19H2,1-3H3,(H,33,37)(H,35,36)/t26-/m0/s1. The highest BCUT2D eigenvalue weighted by atomic mass is 35.5. The molecule has 3 rings (SSSR count). The zero-order chi connectivity index (χ0) is 28.6. The molecular weight excluding hydrogens is 539 g/mol. The van der Waals surface area contributed by atoms with Gasteiger partial charge in [-0.25, -0.2) is 4.79 Å². The van der Waals surface area contributed by atoms with Crippen LogP contribution in [0.2, 0.25) is 10.0 Å². The zero-order valence-electron chi connectivity index (χ0n) is 22.1. The summed E-state index contributed by atoms with van der Waals surface area (Å²) in [6.45, 7) is 3.68. The number of aliphatic carboxylic acids is 1. The van der Waals surface area contributed by atoms with Crippen molar-refractivity contribution in [1.29, 1.82) is 0 Å². The minimum absolute atomic E-state index is 0.0317. The number of nitrogens with zero attached hydrogens (tertiary/aromatic N) is 1. The van der Waals surface area contributed by atoms with Gasteiger partial charge < -0.3 is 20.1 Å². The Balaban J connectivity index is 1.70. The number of ether oxygens (including phenoxy) is 1. The summed E-state index contributed by atoms with van der Waals surface area (Å²) < 4.78 is 5.79. The van der Waals surface area contributed by atoms with E-state index in [4.69, 9.17) is 27.9 Å². The molecule has 2 amide bonds. The second-order valence-corrected chi connectivity index (χ2v) is 10.0. The van der Waals surface area contributed by atoms with Gasteiger partial charge in [0.15, 0.2) is 0 Å². The Morgan fingerprint density at radius 2 is 1.51 bits per heavy atom. The second kappa shape index (κ2) is 13.5. The van der Waals surface area contributed by atoms with Crippen LogP contribution in [-0.4, -0.2) is 36.0 Å². The van der Waals surface area contributed by atoms with E-state index in [1.807, 2.05) is 18.2 Å². The van der Waals surface area contributed by atoms with E-state index >= 15 is 0 Å². The van der Waals surface area contributed by atoms with Crippen LogP contribution in [0, 0.1) is 5.41 Å². The number of carbonyl (C=O) groups is 3. The zero-order valence-corrected chi connectivity index (χ0v) is 23.6. The summed E-state index contributed by atoms with van der Waals surface area (Å²) >= 11 is 12.4. The molecule has 0 fully saturated rings. The van der Waals surface area contributed by atoms with Crippen molar-refractivity contribution in [2.45, 2.75) is 45.8 Å². The number of carboxylic acid groups (broad SMARTS) is 1. The summed E-state index contributed by atoms with van der Waals surface area (Å²) in [6, 6.07) is 19.9. The van der Waals surface area contributed by atoms with Crippen LogP contribution in [-0.2, 0) is 27.4 Å². The van der Waals surface area contributed by atoms with Crippen molar-refractivity contribution < 1.29 is 24.2 Å². The second-order valence-electron chi connectivity index (χ2n) is 9.19. The Kier molecular flexibility index (Phi) is 10.4. The number of nitrogens with one attached hydrogen (secondary N) is 1. The number of amides is 2. The third-order valence-corrected chi connectivity index (χ3v) is 7.62. The molecule has 9 heteroatoms. The molecule has 0 saturated heterocycles. The maximum absolute atomic E-state index is 13.5. The summed E-state index contributed by atoms with van der Waals surface area (Å²) in [5.74, 6) is -1.64. The van der Waals surface area contributed by atoms with Gasteiger partial charge in [-0.05, 0) is 54.8 Å². The van der Waals surface area contributed by atoms with Crippen molar-refractivity contribution >= 4 is 46.7 Å². The number of anilines is 1. The van der Waals surface area contributed by atoms with E-state index in [-0.39, 0.29) is 31.8 Å². The van der Waals surface area contributed by atoms with Crippen molar-refractivity contribution in [3.05, 3.63) is 94.0 Å². The van der Waals surface area contributed by atoms with E-state index in [2.05, 4.69) is 5.32 Å². The van der Waals surface area contributed by atoms with Crippen LogP contribution in [0.25, 0.3) is 0 Å². The molecule has 0 unspecified atom stereocenters. The largest absolute Gasteiger partial charge is 0.489 e. The van der Waals surface area contributed by atoms with Gasteiger partial charge in [0.2, 0.25) is 11.8 Å².